The fraction of sp³-hybridized carbons (Fsp3) is 0.727. The summed E-state index contributed by atoms with van der Waals surface area (Å²) in [6, 6.07) is 0. The number of hydrogen-bond donors (Lipinski definition) is 1. The third-order valence-electron chi connectivity index (χ3n) is 2.91. The van der Waals surface area contributed by atoms with Crippen molar-refractivity contribution in [2.45, 2.75) is 32.1 Å². The van der Waals surface area contributed by atoms with Gasteiger partial charge in [0.15, 0.2) is 0 Å². The molecule has 1 saturated carbocycles. The first-order valence-corrected chi connectivity index (χ1v) is 6.42. The summed E-state index contributed by atoms with van der Waals surface area (Å²) in [5, 5.41) is 6.83. The SMILES string of the molecule is c1csc(CCNCC2CCCC2)n1. The van der Waals surface area contributed by atoms with Gasteiger partial charge in [-0.15, -0.1) is 11.3 Å². The van der Waals surface area contributed by atoms with E-state index in [1.807, 2.05) is 11.6 Å². The van der Waals surface area contributed by atoms with Crippen molar-refractivity contribution in [3.05, 3.63) is 16.6 Å². The molecule has 2 nitrogen and oxygen atoms in total. The Morgan fingerprint density at radius 2 is 2.29 bits per heavy atom. The van der Waals surface area contributed by atoms with E-state index in [4.69, 9.17) is 0 Å². The highest BCUT2D eigenvalue weighted by Crippen LogP contribution is 2.23. The van der Waals surface area contributed by atoms with Crippen molar-refractivity contribution >= 4 is 11.3 Å². The van der Waals surface area contributed by atoms with Crippen LogP contribution in [0.4, 0.5) is 0 Å². The Morgan fingerprint density at radius 3 is 3.00 bits per heavy atom. The molecule has 1 aromatic rings. The molecule has 1 fully saturated rings. The van der Waals surface area contributed by atoms with Gasteiger partial charge in [0.05, 0.1) is 5.01 Å². The normalized spacial score (nSPS) is 17.7. The lowest BCUT2D eigenvalue weighted by atomic mass is 10.1. The number of hydrogen-bond acceptors (Lipinski definition) is 3. The van der Waals surface area contributed by atoms with Crippen molar-refractivity contribution in [2.24, 2.45) is 5.92 Å². The lowest BCUT2D eigenvalue weighted by molar-refractivity contribution is 0.491. The standard InChI is InChI=1S/C11H18N2S/c1-2-4-10(3-1)9-12-6-5-11-13-7-8-14-11/h7-8,10,12H,1-6,9H2. The van der Waals surface area contributed by atoms with Gasteiger partial charge in [-0.2, -0.15) is 0 Å². The molecule has 1 aliphatic carbocycles. The van der Waals surface area contributed by atoms with Crippen LogP contribution in [-0.4, -0.2) is 18.1 Å². The molecular weight excluding hydrogens is 192 g/mol. The van der Waals surface area contributed by atoms with Gasteiger partial charge in [0.2, 0.25) is 0 Å². The predicted octanol–water partition coefficient (Wildman–Crippen LogP) is 2.47. The molecule has 2 rings (SSSR count). The molecule has 0 saturated heterocycles. The van der Waals surface area contributed by atoms with Gasteiger partial charge in [-0.1, -0.05) is 12.8 Å². The van der Waals surface area contributed by atoms with Crippen LogP contribution < -0.4 is 5.32 Å². The Kier molecular flexibility index (Phi) is 3.95. The maximum absolute atomic E-state index is 4.26. The molecule has 3 heteroatoms. The highest BCUT2D eigenvalue weighted by Gasteiger charge is 2.13. The van der Waals surface area contributed by atoms with E-state index >= 15 is 0 Å². The molecule has 0 radical (unpaired) electrons. The highest BCUT2D eigenvalue weighted by atomic mass is 32.1. The van der Waals surface area contributed by atoms with Crippen molar-refractivity contribution in [2.75, 3.05) is 13.1 Å². The van der Waals surface area contributed by atoms with Crippen LogP contribution in [0.3, 0.4) is 0 Å². The van der Waals surface area contributed by atoms with E-state index in [-0.39, 0.29) is 0 Å². The van der Waals surface area contributed by atoms with Gasteiger partial charge < -0.3 is 5.32 Å². The number of aromatic nitrogens is 1. The van der Waals surface area contributed by atoms with E-state index in [0.717, 1.165) is 18.9 Å². The lowest BCUT2D eigenvalue weighted by Crippen LogP contribution is -2.23. The van der Waals surface area contributed by atoms with Crippen molar-refractivity contribution in [1.29, 1.82) is 0 Å². The molecule has 0 bridgehead atoms. The summed E-state index contributed by atoms with van der Waals surface area (Å²) in [5.74, 6) is 0.950. The Balaban J connectivity index is 1.55. The fourth-order valence-electron chi connectivity index (χ4n) is 2.09. The predicted molar refractivity (Wildman–Crippen MR) is 60.6 cm³/mol. The van der Waals surface area contributed by atoms with Crippen molar-refractivity contribution < 1.29 is 0 Å². The fourth-order valence-corrected chi connectivity index (χ4v) is 2.71. The number of nitrogens with zero attached hydrogens (tertiary/aromatic N) is 1. The number of nitrogens with one attached hydrogen (secondary N) is 1. The van der Waals surface area contributed by atoms with Crippen molar-refractivity contribution in [3.63, 3.8) is 0 Å². The average Bonchev–Trinajstić information content (AvgIpc) is 2.86. The summed E-state index contributed by atoms with van der Waals surface area (Å²) < 4.78 is 0. The zero-order valence-electron chi connectivity index (χ0n) is 8.54. The van der Waals surface area contributed by atoms with E-state index in [1.54, 1.807) is 11.3 Å². The summed E-state index contributed by atoms with van der Waals surface area (Å²) in [6.45, 7) is 2.30. The maximum atomic E-state index is 4.26. The van der Waals surface area contributed by atoms with E-state index in [1.165, 1.54) is 37.2 Å². The van der Waals surface area contributed by atoms with Gasteiger partial charge in [-0.3, -0.25) is 0 Å². The van der Waals surface area contributed by atoms with Gasteiger partial charge >= 0.3 is 0 Å². The molecule has 1 N–H and O–H groups in total. The summed E-state index contributed by atoms with van der Waals surface area (Å²) in [5.41, 5.74) is 0. The summed E-state index contributed by atoms with van der Waals surface area (Å²) in [4.78, 5) is 4.26. The van der Waals surface area contributed by atoms with Gasteiger partial charge in [0.25, 0.3) is 0 Å². The Bertz CT molecular complexity index is 240. The first-order chi connectivity index (χ1) is 6.95. The van der Waals surface area contributed by atoms with Crippen LogP contribution >= 0.6 is 11.3 Å². The second-order valence-electron chi connectivity index (χ2n) is 4.03. The van der Waals surface area contributed by atoms with Crippen LogP contribution in [0.1, 0.15) is 30.7 Å². The number of rotatable bonds is 5. The summed E-state index contributed by atoms with van der Waals surface area (Å²) >= 11 is 1.75. The third-order valence-corrected chi connectivity index (χ3v) is 3.75. The summed E-state index contributed by atoms with van der Waals surface area (Å²) in [6.07, 6.45) is 8.73. The zero-order valence-corrected chi connectivity index (χ0v) is 9.35. The zero-order chi connectivity index (χ0) is 9.64. The van der Waals surface area contributed by atoms with Gasteiger partial charge in [-0.05, 0) is 25.3 Å². The molecule has 0 aromatic carbocycles. The van der Waals surface area contributed by atoms with Crippen LogP contribution in [0.15, 0.2) is 11.6 Å². The maximum Gasteiger partial charge on any atom is 0.0937 e. The first-order valence-electron chi connectivity index (χ1n) is 5.54. The van der Waals surface area contributed by atoms with E-state index in [0.29, 0.717) is 0 Å². The smallest absolute Gasteiger partial charge is 0.0937 e. The molecule has 78 valence electrons. The molecule has 0 aliphatic heterocycles. The Hall–Kier alpha value is -0.410. The highest BCUT2D eigenvalue weighted by molar-refractivity contribution is 7.09. The molecule has 0 atom stereocenters. The van der Waals surface area contributed by atoms with Crippen molar-refractivity contribution in [3.8, 4) is 0 Å². The molecule has 1 aromatic heterocycles. The topological polar surface area (TPSA) is 24.9 Å². The molecule has 14 heavy (non-hydrogen) atoms. The largest absolute Gasteiger partial charge is 0.316 e. The summed E-state index contributed by atoms with van der Waals surface area (Å²) in [7, 11) is 0. The van der Waals surface area contributed by atoms with Gasteiger partial charge in [-0.25, -0.2) is 4.98 Å². The second kappa shape index (κ2) is 5.47. The van der Waals surface area contributed by atoms with E-state index in [9.17, 15) is 0 Å². The van der Waals surface area contributed by atoms with Crippen LogP contribution in [0.25, 0.3) is 0 Å². The van der Waals surface area contributed by atoms with Crippen LogP contribution in [0.2, 0.25) is 0 Å². The van der Waals surface area contributed by atoms with Crippen LogP contribution in [0.5, 0.6) is 0 Å². The first kappa shape index (κ1) is 10.1. The molecule has 0 spiro atoms. The molecule has 1 heterocycles. The quantitative estimate of drug-likeness (QED) is 0.755. The Labute approximate surface area is 89.8 Å². The van der Waals surface area contributed by atoms with Gasteiger partial charge in [0.1, 0.15) is 0 Å². The Morgan fingerprint density at radius 1 is 1.43 bits per heavy atom. The van der Waals surface area contributed by atoms with E-state index < -0.39 is 0 Å². The van der Waals surface area contributed by atoms with Crippen LogP contribution in [-0.2, 0) is 6.42 Å². The monoisotopic (exact) mass is 210 g/mol. The third kappa shape index (κ3) is 3.07. The minimum atomic E-state index is 0.950. The molecule has 0 unspecified atom stereocenters. The average molecular weight is 210 g/mol. The molecule has 1 aliphatic rings. The van der Waals surface area contributed by atoms with Crippen LogP contribution in [0, 0.1) is 5.92 Å². The molecular formula is C11H18N2S. The van der Waals surface area contributed by atoms with Crippen molar-refractivity contribution in [1.82, 2.24) is 10.3 Å². The second-order valence-corrected chi connectivity index (χ2v) is 5.01. The minimum absolute atomic E-state index is 0.950. The van der Waals surface area contributed by atoms with Gasteiger partial charge in [0, 0.05) is 24.5 Å². The molecule has 0 amide bonds. The van der Waals surface area contributed by atoms with E-state index in [2.05, 4.69) is 10.3 Å². The minimum Gasteiger partial charge on any atom is -0.316 e. The lowest BCUT2D eigenvalue weighted by Gasteiger charge is -2.09. The number of thiazole rings is 1.